The van der Waals surface area contributed by atoms with Gasteiger partial charge in [0.1, 0.15) is 49.3 Å². The third kappa shape index (κ3) is 17.5. The van der Waals surface area contributed by atoms with Gasteiger partial charge in [-0.3, -0.25) is 28.8 Å². The van der Waals surface area contributed by atoms with Crippen molar-refractivity contribution in [3.05, 3.63) is 158 Å². The molecule has 3 unspecified atom stereocenters. The molecule has 696 valence electrons. The molecule has 3 fully saturated rings. The smallest absolute Gasteiger partial charge is 0.339 e. The average molecular weight is 1830 g/mol. The lowest BCUT2D eigenvalue weighted by Crippen LogP contribution is -2.61. The molecule has 0 amide bonds. The van der Waals surface area contributed by atoms with Crippen molar-refractivity contribution in [2.24, 2.45) is 0 Å². The molecule has 39 nitrogen and oxygen atoms in total. The van der Waals surface area contributed by atoms with Gasteiger partial charge in [0.15, 0.2) is 71.1 Å². The molecule has 0 spiro atoms. The lowest BCUT2D eigenvalue weighted by atomic mass is 9.87. The van der Waals surface area contributed by atoms with Gasteiger partial charge in [-0.05, 0) is 160 Å². The van der Waals surface area contributed by atoms with Crippen molar-refractivity contribution >= 4 is 86.0 Å². The highest BCUT2D eigenvalue weighted by Gasteiger charge is 2.54. The van der Waals surface area contributed by atoms with Crippen molar-refractivity contribution in [1.82, 2.24) is 0 Å². The van der Waals surface area contributed by atoms with Crippen LogP contribution >= 0.6 is 0 Å². The molecule has 132 heavy (non-hydrogen) atoms. The predicted octanol–water partition coefficient (Wildman–Crippen LogP) is 6.72. The van der Waals surface area contributed by atoms with E-state index in [0.29, 0.717) is 150 Å². The molecule has 15 atom stereocenters. The highest BCUT2D eigenvalue weighted by atomic mass is 16.8. The summed E-state index contributed by atoms with van der Waals surface area (Å²) in [4.78, 5) is 111. The van der Waals surface area contributed by atoms with Crippen LogP contribution < -0.4 is 42.6 Å². The number of carbonyl (C=O) groups excluding carboxylic acids is 9. The average Bonchev–Trinajstić information content (AvgIpc) is 1.48. The zero-order chi connectivity index (χ0) is 93.9. The van der Waals surface area contributed by atoms with Gasteiger partial charge in [-0.2, -0.15) is 0 Å². The second kappa shape index (κ2) is 37.9. The van der Waals surface area contributed by atoms with Crippen molar-refractivity contribution in [3.63, 3.8) is 0 Å². The first-order chi connectivity index (χ1) is 63.3. The molecule has 0 aromatic heterocycles. The lowest BCUT2D eigenvalue weighted by Gasteiger charge is -2.42. The number of hydrogen-bond donors (Lipinski definition) is 9. The number of rotatable bonds is 21. The Morgan fingerprint density at radius 3 is 0.917 bits per heavy atom. The van der Waals surface area contributed by atoms with Crippen molar-refractivity contribution in [1.29, 1.82) is 0 Å². The fourth-order valence-electron chi connectivity index (χ4n) is 17.6. The first kappa shape index (κ1) is 92.0. The molecular weight excluding hydrogens is 1740 g/mol. The summed E-state index contributed by atoms with van der Waals surface area (Å²) in [6.07, 6.45) is -19.2. The summed E-state index contributed by atoms with van der Waals surface area (Å²) in [6, 6.07) is 25.5. The number of esters is 9. The van der Waals surface area contributed by atoms with Gasteiger partial charge in [0, 0.05) is 91.1 Å². The van der Waals surface area contributed by atoms with Crippen LogP contribution in [-0.2, 0) is 145 Å². The fraction of sp³-hybridized carbons (Fsp3) is 0.387. The molecule has 18 rings (SSSR count). The third-order valence-corrected chi connectivity index (χ3v) is 23.5. The standard InChI is InChI=1S/3C31H30O13/c1-13-27(42-14(2)34)29(43-15(3)35)26(36)31(41-13)44-28-20-7-18(10-33)17(9-32)6-19(20)24(25-21(28)11-38-30(25)37)16-4-5-22-23(8-16)40-12-39-22;1-13-27(42-14(2)34)26(36)29(43-15(3)35)31(41-13)44-28-20-7-18(10-33)17(9-32)6-19(20)24(25-21(28)11-38-30(25)37)16-4-5-22-23(8-16)40-12-39-22;1-13-26(36)28(42-14(2)34)29(43-15(3)35)31(41-13)44-27-20-7-18(10-33)17(9-32)6-19(20)24(25-21(27)11-38-30(25)37)16-4-5-22-23(8-16)40-12-39-22/h2*4-8,13,26-27,29,31-33,36H,9-12H2,1-3H3;4-8,13,26,28-29,31-33,36H,9-12H2,1-3H3/t13-,26-,27-,29-,31?;13-,26+,27-,29-,31?;13-,26-,28+,29-,31?/m111/s1. The first-order valence-corrected chi connectivity index (χ1v) is 41.7. The molecule has 0 saturated carbocycles. The van der Waals surface area contributed by atoms with Gasteiger partial charge in [-0.15, -0.1) is 0 Å². The van der Waals surface area contributed by atoms with Gasteiger partial charge in [0.05, 0.1) is 74.6 Å². The summed E-state index contributed by atoms with van der Waals surface area (Å²) in [6.45, 7) is 8.84. The van der Waals surface area contributed by atoms with Crippen LogP contribution in [0.25, 0.3) is 65.7 Å². The summed E-state index contributed by atoms with van der Waals surface area (Å²) >= 11 is 0. The largest absolute Gasteiger partial charge is 0.461 e. The molecule has 9 N–H and O–H groups in total. The van der Waals surface area contributed by atoms with Gasteiger partial charge >= 0.3 is 53.7 Å². The minimum absolute atomic E-state index is 0.0489. The van der Waals surface area contributed by atoms with Crippen LogP contribution in [0.3, 0.4) is 0 Å². The molecule has 9 aromatic carbocycles. The molecule has 0 aliphatic carbocycles. The van der Waals surface area contributed by atoms with E-state index in [1.54, 1.807) is 105 Å². The summed E-state index contributed by atoms with van der Waals surface area (Å²) in [5, 5.41) is 96.7. The van der Waals surface area contributed by atoms with Crippen LogP contribution in [0, 0.1) is 0 Å². The maximum Gasteiger partial charge on any atom is 0.339 e. The van der Waals surface area contributed by atoms with E-state index in [4.69, 9.17) is 99.5 Å². The van der Waals surface area contributed by atoms with Crippen LogP contribution in [0.15, 0.2) is 91.0 Å². The van der Waals surface area contributed by atoms with E-state index in [0.717, 1.165) is 27.7 Å². The molecule has 3 saturated heterocycles. The predicted molar refractivity (Wildman–Crippen MR) is 446 cm³/mol. The van der Waals surface area contributed by atoms with Crippen molar-refractivity contribution < 1.29 is 189 Å². The van der Waals surface area contributed by atoms with E-state index in [2.05, 4.69) is 0 Å². The number of cyclic esters (lactones) is 3. The molecule has 9 heterocycles. The molecule has 9 aliphatic heterocycles. The van der Waals surface area contributed by atoms with Crippen LogP contribution in [0.2, 0.25) is 0 Å². The number of carbonyl (C=O) groups is 9. The summed E-state index contributed by atoms with van der Waals surface area (Å²) in [7, 11) is 0. The Hall–Kier alpha value is -13.3. The van der Waals surface area contributed by atoms with E-state index < -0.39 is 185 Å². The minimum Gasteiger partial charge on any atom is -0.461 e. The molecule has 0 radical (unpaired) electrons. The fourth-order valence-corrected chi connectivity index (χ4v) is 17.6. The van der Waals surface area contributed by atoms with Gasteiger partial charge in [-0.25, -0.2) is 14.4 Å². The Morgan fingerprint density at radius 1 is 0.295 bits per heavy atom. The van der Waals surface area contributed by atoms with Crippen LogP contribution in [-0.4, -0.2) is 212 Å². The van der Waals surface area contributed by atoms with Crippen molar-refractivity contribution in [2.45, 2.75) is 214 Å². The monoisotopic (exact) mass is 1830 g/mol. The van der Waals surface area contributed by atoms with Crippen LogP contribution in [0.5, 0.6) is 51.7 Å². The second-order valence-corrected chi connectivity index (χ2v) is 32.0. The molecular formula is C93H90O39. The highest BCUT2D eigenvalue weighted by Crippen LogP contribution is 2.54. The van der Waals surface area contributed by atoms with Crippen molar-refractivity contribution in [3.8, 4) is 85.1 Å². The van der Waals surface area contributed by atoms with E-state index >= 15 is 0 Å². The second-order valence-electron chi connectivity index (χ2n) is 32.0. The third-order valence-electron chi connectivity index (χ3n) is 23.5. The summed E-state index contributed by atoms with van der Waals surface area (Å²) in [5.74, 6) is -2.69. The summed E-state index contributed by atoms with van der Waals surface area (Å²) in [5.41, 5.74) is 7.31. The number of ether oxygens (including phenoxy) is 21. The zero-order valence-corrected chi connectivity index (χ0v) is 72.1. The topological polar surface area (TPSA) is 530 Å². The number of aliphatic hydroxyl groups is 9. The zero-order valence-electron chi connectivity index (χ0n) is 72.1. The van der Waals surface area contributed by atoms with Gasteiger partial charge in [0.2, 0.25) is 45.4 Å². The Morgan fingerprint density at radius 2 is 0.568 bits per heavy atom. The minimum atomic E-state index is -1.62. The Labute approximate surface area is 748 Å². The number of aliphatic hydroxyl groups excluding tert-OH is 9. The van der Waals surface area contributed by atoms with Crippen LogP contribution in [0.1, 0.15) is 143 Å². The number of benzene rings is 9. The number of fused-ring (bicyclic) bond motifs is 9. The van der Waals surface area contributed by atoms with E-state index in [-0.39, 0.29) is 74.1 Å². The van der Waals surface area contributed by atoms with E-state index in [1.807, 2.05) is 0 Å². The SMILES string of the molecule is CC(=O)O[C@H]1[C@H](O)[C@@H](C)OC(Oc2c3c(c(-c4ccc5c(c4)OCO5)c4cc(CO)c(CO)cc24)C(=O)OC3)[C@@H]1OC(C)=O.CC(=O)O[C@H]1[C@H](O)[C@@H](OC(C)=O)C(Oc2c3c(c(-c4ccc5c(c4)OCO5)c4cc(CO)c(CO)cc24)C(=O)OC3)O[C@@H]1C.CC(=O)O[C@H]1[C@H](OC(C)=O)[C@@H](O)C(Oc2c3c(c(-c4ccc5c(c4)OCO5)c4cc(CO)c(CO)cc24)C(=O)OC3)O[C@@H]1C. The normalized spacial score (nSPS) is 23.7. The Kier molecular flexibility index (Phi) is 26.4. The maximum atomic E-state index is 13.3. The van der Waals surface area contributed by atoms with Gasteiger partial charge in [0.25, 0.3) is 0 Å². The maximum absolute atomic E-state index is 13.3. The Balaban J connectivity index is 0.000000144. The van der Waals surface area contributed by atoms with Crippen LogP contribution in [0.4, 0.5) is 0 Å². The molecule has 9 aromatic rings. The number of hydrogen-bond acceptors (Lipinski definition) is 39. The quantitative estimate of drug-likeness (QED) is 0.0266. The Bertz CT molecular complexity index is 6140. The van der Waals surface area contributed by atoms with Gasteiger partial charge in [-0.1, -0.05) is 18.2 Å². The molecule has 9 aliphatic rings. The summed E-state index contributed by atoms with van der Waals surface area (Å²) < 4.78 is 119. The lowest BCUT2D eigenvalue weighted by molar-refractivity contribution is -0.277. The van der Waals surface area contributed by atoms with E-state index in [9.17, 15) is 89.1 Å². The molecule has 39 heteroatoms. The van der Waals surface area contributed by atoms with E-state index in [1.165, 1.54) is 20.8 Å². The van der Waals surface area contributed by atoms with Crippen molar-refractivity contribution in [2.75, 3.05) is 20.4 Å². The first-order valence-electron chi connectivity index (χ1n) is 41.7. The highest BCUT2D eigenvalue weighted by molar-refractivity contribution is 6.16. The van der Waals surface area contributed by atoms with Gasteiger partial charge < -0.3 is 145 Å². The molecule has 0 bridgehead atoms.